The fourth-order valence-corrected chi connectivity index (χ4v) is 6.65. The van der Waals surface area contributed by atoms with Gasteiger partial charge in [-0.05, 0) is 78.6 Å². The van der Waals surface area contributed by atoms with Crippen molar-refractivity contribution in [2.75, 3.05) is 31.1 Å². The van der Waals surface area contributed by atoms with Crippen LogP contribution in [0.1, 0.15) is 76.0 Å². The van der Waals surface area contributed by atoms with Gasteiger partial charge in [-0.1, -0.05) is 0 Å². The zero-order valence-electron chi connectivity index (χ0n) is 27.8. The van der Waals surface area contributed by atoms with Gasteiger partial charge in [-0.3, -0.25) is 9.78 Å². The third kappa shape index (κ3) is 6.79. The molecule has 1 aliphatic carbocycles. The molecule has 0 radical (unpaired) electrons. The number of carbonyl (C=O) groups is 2. The van der Waals surface area contributed by atoms with Gasteiger partial charge in [0.05, 0.1) is 17.8 Å². The number of benzene rings is 1. The van der Waals surface area contributed by atoms with Gasteiger partial charge in [-0.25, -0.2) is 14.2 Å². The number of ether oxygens (including phenoxy) is 3. The number of hydrogen-bond acceptors (Lipinski definition) is 10. The molecular weight excluding hydrogens is 605 g/mol. The normalized spacial score (nSPS) is 17.1. The van der Waals surface area contributed by atoms with Gasteiger partial charge >= 0.3 is 6.09 Å². The van der Waals surface area contributed by atoms with Crippen molar-refractivity contribution in [1.82, 2.24) is 30.0 Å². The number of hydrogen-bond donors (Lipinski definition) is 0. The Morgan fingerprint density at radius 2 is 1.89 bits per heavy atom. The van der Waals surface area contributed by atoms with Gasteiger partial charge in [0.25, 0.3) is 11.8 Å². The lowest BCUT2D eigenvalue weighted by Gasteiger charge is -2.58. The molecule has 0 unspecified atom stereocenters. The fourth-order valence-electron chi connectivity index (χ4n) is 6.65. The van der Waals surface area contributed by atoms with Crippen LogP contribution in [-0.4, -0.2) is 85.9 Å². The first-order chi connectivity index (χ1) is 22.3. The Hall–Kier alpha value is -4.55. The molecule has 3 aromatic rings. The van der Waals surface area contributed by atoms with Crippen LogP contribution < -0.4 is 14.4 Å². The molecule has 47 heavy (non-hydrogen) atoms. The number of fused-ring (bicyclic) bond motifs is 1. The standard InChI is InChI=1S/C34H42FN7O5/c1-7-42(21(2)3)31(43)24-14-22(35)8-9-27(24)46-30-29(37-20-38-39-30)41-18-34(19-41)15-23(16-34)45-28-10-12-36-26-11-13-40(17-25(26)28)32(44)47-33(4,5)6/h8-10,12,14,20-21,23H,7,11,13,15-19H2,1-6H3. The summed E-state index contributed by atoms with van der Waals surface area (Å²) in [7, 11) is 0. The number of pyridine rings is 1. The van der Waals surface area contributed by atoms with Gasteiger partial charge in [-0.15, -0.1) is 10.2 Å². The largest absolute Gasteiger partial charge is 0.490 e. The highest BCUT2D eigenvalue weighted by molar-refractivity contribution is 5.97. The van der Waals surface area contributed by atoms with Crippen LogP contribution in [0.25, 0.3) is 0 Å². The minimum absolute atomic E-state index is 0.0371. The quantitative estimate of drug-likeness (QED) is 0.314. The van der Waals surface area contributed by atoms with Crippen molar-refractivity contribution in [2.45, 2.75) is 85.1 Å². The number of nitrogens with zero attached hydrogens (tertiary/aromatic N) is 7. The summed E-state index contributed by atoms with van der Waals surface area (Å²) >= 11 is 0. The molecule has 13 heteroatoms. The summed E-state index contributed by atoms with van der Waals surface area (Å²) in [5.74, 6) is 0.764. The molecule has 3 aliphatic rings. The molecule has 250 valence electrons. The lowest BCUT2D eigenvalue weighted by Crippen LogP contribution is -2.65. The van der Waals surface area contributed by atoms with Crippen LogP contribution >= 0.6 is 0 Å². The molecule has 2 amide bonds. The molecule has 12 nitrogen and oxygen atoms in total. The van der Waals surface area contributed by atoms with Crippen molar-refractivity contribution in [2.24, 2.45) is 5.41 Å². The van der Waals surface area contributed by atoms with E-state index in [0.717, 1.165) is 42.9 Å². The van der Waals surface area contributed by atoms with Crippen LogP contribution in [0.3, 0.4) is 0 Å². The first-order valence-electron chi connectivity index (χ1n) is 16.2. The Kier molecular flexibility index (Phi) is 8.66. The first kappa shape index (κ1) is 32.4. The van der Waals surface area contributed by atoms with E-state index >= 15 is 0 Å². The van der Waals surface area contributed by atoms with Crippen molar-refractivity contribution in [3.63, 3.8) is 0 Å². The highest BCUT2D eigenvalue weighted by Crippen LogP contribution is 2.52. The fraction of sp³-hybridized carbons (Fsp3) is 0.529. The van der Waals surface area contributed by atoms with Crippen molar-refractivity contribution in [1.29, 1.82) is 0 Å². The first-order valence-corrected chi connectivity index (χ1v) is 16.2. The van der Waals surface area contributed by atoms with Crippen LogP contribution in [0.4, 0.5) is 15.0 Å². The maximum absolute atomic E-state index is 14.3. The number of halogens is 1. The average molecular weight is 648 g/mol. The summed E-state index contributed by atoms with van der Waals surface area (Å²) in [5, 5.41) is 8.09. The van der Waals surface area contributed by atoms with E-state index in [2.05, 4.69) is 25.1 Å². The van der Waals surface area contributed by atoms with Crippen molar-refractivity contribution < 1.29 is 28.2 Å². The number of aromatic nitrogens is 4. The van der Waals surface area contributed by atoms with E-state index in [0.29, 0.717) is 31.9 Å². The van der Waals surface area contributed by atoms with Crippen molar-refractivity contribution >= 4 is 17.8 Å². The lowest BCUT2D eigenvalue weighted by atomic mass is 9.61. The van der Waals surface area contributed by atoms with Crippen LogP contribution in [0, 0.1) is 11.2 Å². The van der Waals surface area contributed by atoms with Crippen LogP contribution in [0.5, 0.6) is 17.4 Å². The maximum atomic E-state index is 14.3. The topological polar surface area (TPSA) is 123 Å². The van der Waals surface area contributed by atoms with Crippen molar-refractivity contribution in [3.8, 4) is 17.4 Å². The van der Waals surface area contributed by atoms with E-state index in [-0.39, 0.29) is 46.8 Å². The lowest BCUT2D eigenvalue weighted by molar-refractivity contribution is -0.0353. The Balaban J connectivity index is 1.09. The number of carbonyl (C=O) groups excluding carboxylic acids is 2. The third-order valence-electron chi connectivity index (χ3n) is 8.86. The molecular formula is C34H42FN7O5. The number of rotatable bonds is 8. The molecule has 2 aliphatic heterocycles. The van der Waals surface area contributed by atoms with Gasteiger partial charge in [0.15, 0.2) is 5.82 Å². The summed E-state index contributed by atoms with van der Waals surface area (Å²) in [5.41, 5.74) is 1.50. The summed E-state index contributed by atoms with van der Waals surface area (Å²) in [6.07, 6.45) is 5.21. The Morgan fingerprint density at radius 1 is 1.13 bits per heavy atom. The minimum atomic E-state index is -0.565. The Morgan fingerprint density at radius 3 is 2.60 bits per heavy atom. The van der Waals surface area contributed by atoms with Crippen LogP contribution in [-0.2, 0) is 17.7 Å². The molecule has 0 atom stereocenters. The molecule has 1 spiro atoms. The van der Waals surface area contributed by atoms with E-state index in [1.165, 1.54) is 24.5 Å². The van der Waals surface area contributed by atoms with E-state index < -0.39 is 11.4 Å². The van der Waals surface area contributed by atoms with Gasteiger partial charge in [0.1, 0.15) is 35.3 Å². The highest BCUT2D eigenvalue weighted by Gasteiger charge is 2.54. The molecule has 6 rings (SSSR count). The summed E-state index contributed by atoms with van der Waals surface area (Å²) in [6.45, 7) is 14.2. The number of anilines is 1. The zero-order chi connectivity index (χ0) is 33.5. The van der Waals surface area contributed by atoms with Gasteiger partial charge in [-0.2, -0.15) is 0 Å². The van der Waals surface area contributed by atoms with E-state index in [4.69, 9.17) is 14.2 Å². The molecule has 2 fully saturated rings. The highest BCUT2D eigenvalue weighted by atomic mass is 19.1. The second-order valence-electron chi connectivity index (χ2n) is 13.9. The van der Waals surface area contributed by atoms with E-state index in [9.17, 15) is 14.0 Å². The van der Waals surface area contributed by atoms with E-state index in [1.54, 1.807) is 16.0 Å². The SMILES string of the molecule is CCN(C(=O)c1cc(F)ccc1Oc1nncnc1N1CC2(CC(Oc3ccnc4c3CN(C(=O)OC(C)(C)C)CC4)C2)C1)C(C)C. The molecule has 4 heterocycles. The molecule has 1 aromatic carbocycles. The van der Waals surface area contributed by atoms with Crippen molar-refractivity contribution in [3.05, 3.63) is 59.4 Å². The van der Waals surface area contributed by atoms with Crippen LogP contribution in [0.2, 0.25) is 0 Å². The van der Waals surface area contributed by atoms with E-state index in [1.807, 2.05) is 47.6 Å². The Labute approximate surface area is 274 Å². The summed E-state index contributed by atoms with van der Waals surface area (Å²) in [6, 6.07) is 5.69. The maximum Gasteiger partial charge on any atom is 0.410 e. The monoisotopic (exact) mass is 647 g/mol. The predicted molar refractivity (Wildman–Crippen MR) is 171 cm³/mol. The average Bonchev–Trinajstić information content (AvgIpc) is 2.98. The summed E-state index contributed by atoms with van der Waals surface area (Å²) < 4.78 is 32.4. The predicted octanol–water partition coefficient (Wildman–Crippen LogP) is 5.41. The molecule has 0 N–H and O–H groups in total. The molecule has 2 aromatic heterocycles. The zero-order valence-corrected chi connectivity index (χ0v) is 27.8. The molecule has 1 saturated carbocycles. The van der Waals surface area contributed by atoms with Gasteiger partial charge in [0, 0.05) is 55.8 Å². The second-order valence-corrected chi connectivity index (χ2v) is 13.9. The number of amides is 2. The minimum Gasteiger partial charge on any atom is -0.490 e. The smallest absolute Gasteiger partial charge is 0.410 e. The Bertz CT molecular complexity index is 1650. The van der Waals surface area contributed by atoms with Gasteiger partial charge in [0.2, 0.25) is 0 Å². The summed E-state index contributed by atoms with van der Waals surface area (Å²) in [4.78, 5) is 40.5. The second kappa shape index (κ2) is 12.6. The molecule has 1 saturated heterocycles. The van der Waals surface area contributed by atoms with Gasteiger partial charge < -0.3 is 28.9 Å². The van der Waals surface area contributed by atoms with Crippen LogP contribution in [0.15, 0.2) is 36.8 Å². The third-order valence-corrected chi connectivity index (χ3v) is 8.86. The molecule has 0 bridgehead atoms.